The molecule has 0 spiro atoms. The van der Waals surface area contributed by atoms with Gasteiger partial charge in [0.2, 0.25) is 0 Å². The predicted octanol–water partition coefficient (Wildman–Crippen LogP) is 11.6. The summed E-state index contributed by atoms with van der Waals surface area (Å²) >= 11 is 0. The van der Waals surface area contributed by atoms with Gasteiger partial charge in [-0.3, -0.25) is 9.59 Å². The average molecular weight is 735 g/mol. The van der Waals surface area contributed by atoms with Crippen LogP contribution in [-0.2, 0) is 10.8 Å². The Balaban J connectivity index is 2.14. The van der Waals surface area contributed by atoms with Crippen molar-refractivity contribution in [2.45, 2.75) is 143 Å². The molecule has 0 aliphatic carbocycles. The first kappa shape index (κ1) is 43.7. The van der Waals surface area contributed by atoms with E-state index in [0.29, 0.717) is 70.7 Å². The fourth-order valence-corrected chi connectivity index (χ4v) is 6.18. The number of unbranched alkanes of at least 4 members (excludes halogenated alkanes) is 10. The number of carbonyl (C=O) groups is 2. The van der Waals surface area contributed by atoms with Gasteiger partial charge in [0, 0.05) is 34.4 Å². The molecule has 54 heavy (non-hydrogen) atoms. The molecule has 0 bridgehead atoms. The molecule has 0 unspecified atom stereocenters. The first-order chi connectivity index (χ1) is 25.7. The third kappa shape index (κ3) is 13.3. The maximum Gasteiger partial charge on any atom is 0.153 e. The monoisotopic (exact) mass is 734 g/mol. The van der Waals surface area contributed by atoms with Crippen molar-refractivity contribution in [3.8, 4) is 46.7 Å². The molecule has 0 heterocycles. The molecule has 0 amide bonds. The van der Waals surface area contributed by atoms with Crippen molar-refractivity contribution in [3.63, 3.8) is 0 Å². The normalized spacial score (nSPS) is 11.3. The van der Waals surface area contributed by atoms with E-state index >= 15 is 0 Å². The van der Waals surface area contributed by atoms with Gasteiger partial charge in [-0.25, -0.2) is 0 Å². The van der Waals surface area contributed by atoms with Crippen LogP contribution in [-0.4, -0.2) is 36.0 Å². The van der Waals surface area contributed by atoms with Gasteiger partial charge in [-0.1, -0.05) is 143 Å². The molecule has 0 saturated heterocycles. The second-order valence-electron chi connectivity index (χ2n) is 16.2. The molecule has 0 saturated carbocycles. The number of carbonyl (C=O) groups excluding carboxylic acids is 2. The van der Waals surface area contributed by atoms with E-state index in [-0.39, 0.29) is 22.6 Å². The number of hydrogen-bond donors (Lipinski definition) is 2. The van der Waals surface area contributed by atoms with E-state index in [2.05, 4.69) is 37.5 Å². The maximum atomic E-state index is 11.9. The number of ether oxygens (including phenoxy) is 2. The summed E-state index contributed by atoms with van der Waals surface area (Å²) in [7, 11) is 0. The van der Waals surface area contributed by atoms with Crippen LogP contribution in [0.25, 0.3) is 0 Å². The third-order valence-electron chi connectivity index (χ3n) is 9.42. The van der Waals surface area contributed by atoms with E-state index in [9.17, 15) is 19.8 Å². The number of phenolic OH excluding ortho intramolecular Hbond substituents is 2. The van der Waals surface area contributed by atoms with Crippen LogP contribution in [0.1, 0.15) is 187 Å². The van der Waals surface area contributed by atoms with Gasteiger partial charge in [0.15, 0.2) is 12.6 Å². The molecule has 0 atom stereocenters. The smallest absolute Gasteiger partial charge is 0.153 e. The minimum absolute atomic E-state index is 0.0252. The van der Waals surface area contributed by atoms with Gasteiger partial charge in [0.25, 0.3) is 0 Å². The van der Waals surface area contributed by atoms with Gasteiger partial charge in [-0.05, 0) is 47.9 Å². The lowest BCUT2D eigenvalue weighted by Gasteiger charge is -2.21. The minimum Gasteiger partial charge on any atom is -0.507 e. The topological polar surface area (TPSA) is 93.1 Å². The standard InChI is InChI=1S/C48H62O6/c1-9-11-13-15-17-19-25-53-43-31-38(24-22-36-28-40(34-50)46(52)42(30-36)48(6,7)8)44(54-26-20-18-16-14-12-10-2)32-37(43)23-21-35-27-39(33-49)45(51)41(29-35)47(3,4)5/h27-34,51-52H,9-20,25-26H2,1-8H3. The van der Waals surface area contributed by atoms with Crippen molar-refractivity contribution in [3.05, 3.63) is 80.9 Å². The highest BCUT2D eigenvalue weighted by molar-refractivity contribution is 5.82. The average Bonchev–Trinajstić information content (AvgIpc) is 3.12. The summed E-state index contributed by atoms with van der Waals surface area (Å²) in [6, 6.07) is 10.6. The molecule has 0 aliphatic heterocycles. The van der Waals surface area contributed by atoms with Crippen LogP contribution >= 0.6 is 0 Å². The zero-order chi connectivity index (χ0) is 39.7. The van der Waals surface area contributed by atoms with E-state index in [0.717, 1.165) is 38.5 Å². The van der Waals surface area contributed by atoms with Crippen LogP contribution in [0.3, 0.4) is 0 Å². The lowest BCUT2D eigenvalue weighted by Crippen LogP contribution is -2.12. The fraction of sp³-hybridized carbons (Fsp3) is 0.500. The fourth-order valence-electron chi connectivity index (χ4n) is 6.18. The summed E-state index contributed by atoms with van der Waals surface area (Å²) in [5, 5.41) is 21.5. The molecular formula is C48H62O6. The summed E-state index contributed by atoms with van der Waals surface area (Å²) in [6.07, 6.45) is 14.9. The second-order valence-corrected chi connectivity index (χ2v) is 16.2. The van der Waals surface area contributed by atoms with Crippen molar-refractivity contribution in [1.29, 1.82) is 0 Å². The summed E-state index contributed by atoms with van der Waals surface area (Å²) in [5.41, 5.74) is 3.35. The highest BCUT2D eigenvalue weighted by atomic mass is 16.5. The van der Waals surface area contributed by atoms with Crippen molar-refractivity contribution in [2.75, 3.05) is 13.2 Å². The Labute approximate surface area is 325 Å². The van der Waals surface area contributed by atoms with Crippen LogP contribution in [0.4, 0.5) is 0 Å². The zero-order valence-corrected chi connectivity index (χ0v) is 34.0. The summed E-state index contributed by atoms with van der Waals surface area (Å²) in [5.74, 6) is 14.1. The molecule has 3 aromatic carbocycles. The molecule has 3 aromatic rings. The molecule has 0 radical (unpaired) electrons. The number of phenols is 2. The summed E-state index contributed by atoms with van der Waals surface area (Å²) in [6.45, 7) is 17.4. The van der Waals surface area contributed by atoms with Gasteiger partial charge in [-0.15, -0.1) is 0 Å². The first-order valence-electron chi connectivity index (χ1n) is 19.9. The van der Waals surface area contributed by atoms with Crippen LogP contribution in [0.2, 0.25) is 0 Å². The number of aldehydes is 2. The van der Waals surface area contributed by atoms with Gasteiger partial charge in [0.05, 0.1) is 35.5 Å². The SMILES string of the molecule is CCCCCCCCOc1cc(C#Cc2cc(C=O)c(O)c(C(C)(C)C)c2)c(OCCCCCCCC)cc1C#Cc1cc(C=O)c(O)c(C(C)(C)C)c1. The van der Waals surface area contributed by atoms with Crippen LogP contribution in [0.5, 0.6) is 23.0 Å². The van der Waals surface area contributed by atoms with Crippen molar-refractivity contribution < 1.29 is 29.3 Å². The zero-order valence-electron chi connectivity index (χ0n) is 34.0. The molecule has 6 heteroatoms. The lowest BCUT2D eigenvalue weighted by molar-refractivity contribution is 0.111. The third-order valence-corrected chi connectivity index (χ3v) is 9.42. The van der Waals surface area contributed by atoms with E-state index in [1.165, 1.54) is 38.5 Å². The quantitative estimate of drug-likeness (QED) is 0.0768. The molecule has 0 fully saturated rings. The predicted molar refractivity (Wildman–Crippen MR) is 221 cm³/mol. The van der Waals surface area contributed by atoms with E-state index in [4.69, 9.17) is 9.47 Å². The number of hydrogen-bond acceptors (Lipinski definition) is 6. The molecule has 0 aliphatic rings. The Morgan fingerprint density at radius 1 is 0.519 bits per heavy atom. The highest BCUT2D eigenvalue weighted by Gasteiger charge is 2.22. The number of benzene rings is 3. The van der Waals surface area contributed by atoms with Crippen LogP contribution in [0.15, 0.2) is 36.4 Å². The van der Waals surface area contributed by atoms with Gasteiger partial charge in [0.1, 0.15) is 23.0 Å². The van der Waals surface area contributed by atoms with E-state index in [1.807, 2.05) is 65.8 Å². The summed E-state index contributed by atoms with van der Waals surface area (Å²) in [4.78, 5) is 23.8. The first-order valence-corrected chi connectivity index (χ1v) is 19.9. The molecule has 6 nitrogen and oxygen atoms in total. The largest absolute Gasteiger partial charge is 0.507 e. The maximum absolute atomic E-state index is 11.9. The van der Waals surface area contributed by atoms with Crippen LogP contribution in [0, 0.1) is 23.7 Å². The van der Waals surface area contributed by atoms with Gasteiger partial charge in [-0.2, -0.15) is 0 Å². The Morgan fingerprint density at radius 3 is 1.20 bits per heavy atom. The molecule has 2 N–H and O–H groups in total. The second kappa shape index (κ2) is 21.3. The Hall–Kier alpha value is -4.68. The number of rotatable bonds is 18. The van der Waals surface area contributed by atoms with Crippen molar-refractivity contribution in [1.82, 2.24) is 0 Å². The van der Waals surface area contributed by atoms with E-state index < -0.39 is 10.8 Å². The number of aromatic hydroxyl groups is 2. The molecular weight excluding hydrogens is 673 g/mol. The lowest BCUT2D eigenvalue weighted by atomic mass is 9.84. The van der Waals surface area contributed by atoms with Crippen molar-refractivity contribution >= 4 is 12.6 Å². The molecule has 0 aromatic heterocycles. The summed E-state index contributed by atoms with van der Waals surface area (Å²) < 4.78 is 12.8. The highest BCUT2D eigenvalue weighted by Crippen LogP contribution is 2.36. The van der Waals surface area contributed by atoms with E-state index in [1.54, 1.807) is 12.1 Å². The molecule has 290 valence electrons. The molecule has 3 rings (SSSR count). The Kier molecular flexibility index (Phi) is 17.2. The minimum atomic E-state index is -0.402. The van der Waals surface area contributed by atoms with Gasteiger partial charge >= 0.3 is 0 Å². The van der Waals surface area contributed by atoms with Crippen LogP contribution < -0.4 is 9.47 Å². The van der Waals surface area contributed by atoms with Gasteiger partial charge < -0.3 is 19.7 Å². The van der Waals surface area contributed by atoms with Crippen molar-refractivity contribution in [2.24, 2.45) is 0 Å². The Bertz CT molecular complexity index is 1700. The Morgan fingerprint density at radius 2 is 0.870 bits per heavy atom.